The van der Waals surface area contributed by atoms with Crippen LogP contribution in [-0.2, 0) is 4.74 Å². The summed E-state index contributed by atoms with van der Waals surface area (Å²) < 4.78 is 11.9. The van der Waals surface area contributed by atoms with Crippen molar-refractivity contribution in [3.8, 4) is 11.4 Å². The smallest absolute Gasteiger partial charge is 0.360 e. The van der Waals surface area contributed by atoms with E-state index in [1.54, 1.807) is 11.5 Å². The van der Waals surface area contributed by atoms with E-state index in [2.05, 4.69) is 16.6 Å². The Morgan fingerprint density at radius 3 is 2.57 bits per heavy atom. The van der Waals surface area contributed by atoms with Crippen LogP contribution in [0.15, 0.2) is 24.3 Å². The molecule has 0 bridgehead atoms. The summed E-state index contributed by atoms with van der Waals surface area (Å²) >= 11 is 0. The van der Waals surface area contributed by atoms with Gasteiger partial charge in [0.25, 0.3) is 0 Å². The first-order chi connectivity index (χ1) is 10.1. The highest BCUT2D eigenvalue weighted by Gasteiger charge is 2.19. The normalized spacial score (nSPS) is 10.4. The number of rotatable bonds is 5. The SMILES string of the molecule is CCCOc1ccc(-n2c(C)nc(C(=O)OC)c2N)cc1. The van der Waals surface area contributed by atoms with Gasteiger partial charge in [0.2, 0.25) is 0 Å². The molecule has 0 atom stereocenters. The van der Waals surface area contributed by atoms with Crippen LogP contribution in [-0.4, -0.2) is 29.2 Å². The molecule has 1 aromatic carbocycles. The molecule has 0 radical (unpaired) electrons. The molecular weight excluding hydrogens is 270 g/mol. The third kappa shape index (κ3) is 2.99. The van der Waals surface area contributed by atoms with Crippen LogP contribution in [0.4, 0.5) is 5.82 Å². The van der Waals surface area contributed by atoms with Crippen LogP contribution < -0.4 is 10.5 Å². The van der Waals surface area contributed by atoms with Crippen molar-refractivity contribution in [3.05, 3.63) is 35.8 Å². The Morgan fingerprint density at radius 1 is 1.33 bits per heavy atom. The number of esters is 1. The van der Waals surface area contributed by atoms with Crippen LogP contribution in [0.5, 0.6) is 5.75 Å². The van der Waals surface area contributed by atoms with Crippen molar-refractivity contribution in [1.82, 2.24) is 9.55 Å². The van der Waals surface area contributed by atoms with Gasteiger partial charge in [0.15, 0.2) is 5.69 Å². The number of carbonyl (C=O) groups is 1. The van der Waals surface area contributed by atoms with Gasteiger partial charge < -0.3 is 15.2 Å². The zero-order valence-electron chi connectivity index (χ0n) is 12.4. The Balaban J connectivity index is 2.34. The summed E-state index contributed by atoms with van der Waals surface area (Å²) in [5.74, 6) is 1.14. The molecule has 0 aliphatic carbocycles. The molecule has 1 aromatic heterocycles. The highest BCUT2D eigenvalue weighted by Crippen LogP contribution is 2.23. The van der Waals surface area contributed by atoms with Crippen molar-refractivity contribution < 1.29 is 14.3 Å². The van der Waals surface area contributed by atoms with Gasteiger partial charge in [-0.2, -0.15) is 0 Å². The molecule has 0 spiro atoms. The van der Waals surface area contributed by atoms with E-state index in [0.29, 0.717) is 12.4 Å². The van der Waals surface area contributed by atoms with Gasteiger partial charge in [0, 0.05) is 5.69 Å². The summed E-state index contributed by atoms with van der Waals surface area (Å²) in [5, 5.41) is 0. The Morgan fingerprint density at radius 2 is 2.00 bits per heavy atom. The predicted octanol–water partition coefficient (Wildman–Crippen LogP) is 2.34. The second-order valence-corrected chi connectivity index (χ2v) is 4.56. The number of ether oxygens (including phenoxy) is 2. The molecule has 0 aliphatic rings. The Bertz CT molecular complexity index is 632. The molecule has 2 rings (SSSR count). The molecule has 2 aromatic rings. The van der Waals surface area contributed by atoms with Crippen molar-refractivity contribution in [2.45, 2.75) is 20.3 Å². The molecule has 112 valence electrons. The van der Waals surface area contributed by atoms with Gasteiger partial charge in [0.1, 0.15) is 17.4 Å². The number of hydrogen-bond donors (Lipinski definition) is 1. The first-order valence-corrected chi connectivity index (χ1v) is 6.74. The number of methoxy groups -OCH3 is 1. The van der Waals surface area contributed by atoms with Crippen molar-refractivity contribution >= 4 is 11.8 Å². The second kappa shape index (κ2) is 6.30. The van der Waals surface area contributed by atoms with Gasteiger partial charge >= 0.3 is 5.97 Å². The Hall–Kier alpha value is -2.50. The molecule has 1 heterocycles. The number of imidazole rings is 1. The molecule has 0 fully saturated rings. The van der Waals surface area contributed by atoms with Crippen LogP contribution in [0.1, 0.15) is 29.7 Å². The number of nitrogen functional groups attached to an aromatic ring is 1. The lowest BCUT2D eigenvalue weighted by Gasteiger charge is -2.09. The molecule has 0 saturated carbocycles. The molecule has 0 unspecified atom stereocenters. The first kappa shape index (κ1) is 14.9. The quantitative estimate of drug-likeness (QED) is 0.855. The molecule has 21 heavy (non-hydrogen) atoms. The van der Waals surface area contributed by atoms with E-state index in [1.165, 1.54) is 7.11 Å². The van der Waals surface area contributed by atoms with Crippen molar-refractivity contribution in [2.24, 2.45) is 0 Å². The van der Waals surface area contributed by atoms with E-state index in [-0.39, 0.29) is 11.5 Å². The number of aryl methyl sites for hydroxylation is 1. The fraction of sp³-hybridized carbons (Fsp3) is 0.333. The molecule has 6 heteroatoms. The van der Waals surface area contributed by atoms with Crippen molar-refractivity contribution in [3.63, 3.8) is 0 Å². The third-order valence-corrected chi connectivity index (χ3v) is 3.03. The number of hydrogen-bond acceptors (Lipinski definition) is 5. The summed E-state index contributed by atoms with van der Waals surface area (Å²) in [6, 6.07) is 7.47. The van der Waals surface area contributed by atoms with E-state index in [4.69, 9.17) is 10.5 Å². The first-order valence-electron chi connectivity index (χ1n) is 6.74. The maximum Gasteiger partial charge on any atom is 0.360 e. The summed E-state index contributed by atoms with van der Waals surface area (Å²) in [6.45, 7) is 4.51. The fourth-order valence-corrected chi connectivity index (χ4v) is 2.03. The second-order valence-electron chi connectivity index (χ2n) is 4.56. The maximum atomic E-state index is 11.6. The minimum Gasteiger partial charge on any atom is -0.494 e. The average Bonchev–Trinajstić information content (AvgIpc) is 2.80. The number of benzene rings is 1. The lowest BCUT2D eigenvalue weighted by Crippen LogP contribution is -2.07. The largest absolute Gasteiger partial charge is 0.494 e. The van der Waals surface area contributed by atoms with Crippen LogP contribution in [0.25, 0.3) is 5.69 Å². The van der Waals surface area contributed by atoms with E-state index in [9.17, 15) is 4.79 Å². The summed E-state index contributed by atoms with van der Waals surface area (Å²) in [6.07, 6.45) is 0.956. The lowest BCUT2D eigenvalue weighted by atomic mass is 10.3. The van der Waals surface area contributed by atoms with Gasteiger partial charge in [-0.25, -0.2) is 9.78 Å². The monoisotopic (exact) mass is 289 g/mol. The van der Waals surface area contributed by atoms with E-state index >= 15 is 0 Å². The highest BCUT2D eigenvalue weighted by molar-refractivity contribution is 5.92. The van der Waals surface area contributed by atoms with Crippen molar-refractivity contribution in [2.75, 3.05) is 19.5 Å². The number of aromatic nitrogens is 2. The summed E-state index contributed by atoms with van der Waals surface area (Å²) in [5.41, 5.74) is 6.94. The summed E-state index contributed by atoms with van der Waals surface area (Å²) in [7, 11) is 1.30. The average molecular weight is 289 g/mol. The van der Waals surface area contributed by atoms with Gasteiger partial charge in [-0.1, -0.05) is 6.92 Å². The fourth-order valence-electron chi connectivity index (χ4n) is 2.03. The minimum absolute atomic E-state index is 0.126. The standard InChI is InChI=1S/C15H19N3O3/c1-4-9-21-12-7-5-11(6-8-12)18-10(2)17-13(14(18)16)15(19)20-3/h5-8H,4,9,16H2,1-3H3. The number of nitrogens with two attached hydrogens (primary N) is 1. The van der Waals surface area contributed by atoms with Gasteiger partial charge in [-0.15, -0.1) is 0 Å². The van der Waals surface area contributed by atoms with Gasteiger partial charge in [-0.05, 0) is 37.6 Å². The van der Waals surface area contributed by atoms with Crippen LogP contribution in [0.3, 0.4) is 0 Å². The van der Waals surface area contributed by atoms with E-state index in [0.717, 1.165) is 17.9 Å². The third-order valence-electron chi connectivity index (χ3n) is 3.03. The molecule has 2 N–H and O–H groups in total. The van der Waals surface area contributed by atoms with E-state index < -0.39 is 5.97 Å². The Labute approximate surface area is 123 Å². The molecule has 6 nitrogen and oxygen atoms in total. The van der Waals surface area contributed by atoms with Crippen LogP contribution in [0.2, 0.25) is 0 Å². The number of nitrogens with zero attached hydrogens (tertiary/aromatic N) is 2. The van der Waals surface area contributed by atoms with Crippen LogP contribution >= 0.6 is 0 Å². The maximum absolute atomic E-state index is 11.6. The molecule has 0 aliphatic heterocycles. The van der Waals surface area contributed by atoms with Crippen LogP contribution in [0, 0.1) is 6.92 Å². The predicted molar refractivity (Wildman–Crippen MR) is 79.8 cm³/mol. The van der Waals surface area contributed by atoms with Crippen molar-refractivity contribution in [1.29, 1.82) is 0 Å². The number of anilines is 1. The lowest BCUT2D eigenvalue weighted by molar-refractivity contribution is 0.0596. The Kier molecular flexibility index (Phi) is 4.47. The van der Waals surface area contributed by atoms with Gasteiger partial charge in [0.05, 0.1) is 13.7 Å². The molecule has 0 amide bonds. The topological polar surface area (TPSA) is 79.4 Å². The zero-order chi connectivity index (χ0) is 15.4. The highest BCUT2D eigenvalue weighted by atomic mass is 16.5. The zero-order valence-corrected chi connectivity index (χ0v) is 12.4. The summed E-state index contributed by atoms with van der Waals surface area (Å²) in [4.78, 5) is 15.8. The van der Waals surface area contributed by atoms with E-state index in [1.807, 2.05) is 24.3 Å². The number of carbonyl (C=O) groups excluding carboxylic acids is 1. The molecule has 0 saturated heterocycles. The minimum atomic E-state index is -0.544. The molecular formula is C15H19N3O3. The van der Waals surface area contributed by atoms with Gasteiger partial charge in [-0.3, -0.25) is 4.57 Å².